The third kappa shape index (κ3) is 8.15. The highest BCUT2D eigenvalue weighted by atomic mass is 32.1. The Labute approximate surface area is 168 Å². The van der Waals surface area contributed by atoms with E-state index in [-0.39, 0.29) is 0 Å². The van der Waals surface area contributed by atoms with E-state index in [0.717, 1.165) is 64.5 Å². The maximum Gasteiger partial charge on any atom is 0.194 e. The monoisotopic (exact) mass is 396 g/mol. The van der Waals surface area contributed by atoms with Crippen LogP contribution in [0.15, 0.2) is 11.2 Å². The predicted octanol–water partition coefficient (Wildman–Crippen LogP) is 3.32. The molecule has 1 fully saturated rings. The molecular weight excluding hydrogens is 360 g/mol. The third-order valence-electron chi connectivity index (χ3n) is 4.49. The molecule has 0 saturated carbocycles. The SMILES string of the molecule is CCNC(=NCc1cnc(CC(C)C)s1)N1CCC(OCCCOC)CC1. The number of nitrogens with one attached hydrogen (secondary N) is 1. The lowest BCUT2D eigenvalue weighted by Gasteiger charge is -2.34. The van der Waals surface area contributed by atoms with Crippen LogP contribution in [0.2, 0.25) is 0 Å². The fourth-order valence-electron chi connectivity index (χ4n) is 3.13. The summed E-state index contributed by atoms with van der Waals surface area (Å²) in [7, 11) is 1.73. The Morgan fingerprint density at radius 3 is 2.81 bits per heavy atom. The zero-order valence-electron chi connectivity index (χ0n) is 17.4. The van der Waals surface area contributed by atoms with E-state index in [2.05, 4.69) is 36.0 Å². The van der Waals surface area contributed by atoms with E-state index < -0.39 is 0 Å². The Balaban J connectivity index is 1.82. The van der Waals surface area contributed by atoms with E-state index in [1.54, 1.807) is 18.4 Å². The molecule has 2 heterocycles. The summed E-state index contributed by atoms with van der Waals surface area (Å²) in [6.07, 6.45) is 6.46. The summed E-state index contributed by atoms with van der Waals surface area (Å²) < 4.78 is 11.0. The molecule has 0 radical (unpaired) electrons. The van der Waals surface area contributed by atoms with Gasteiger partial charge < -0.3 is 19.7 Å². The number of aliphatic imine (C=N–C) groups is 1. The molecule has 0 aliphatic carbocycles. The number of guanidine groups is 1. The number of likely N-dealkylation sites (tertiary alicyclic amines) is 1. The number of piperidine rings is 1. The minimum atomic E-state index is 0.362. The van der Waals surface area contributed by atoms with Gasteiger partial charge in [-0.25, -0.2) is 9.98 Å². The lowest BCUT2D eigenvalue weighted by atomic mass is 10.1. The summed E-state index contributed by atoms with van der Waals surface area (Å²) in [5.74, 6) is 1.65. The number of rotatable bonds is 10. The minimum Gasteiger partial charge on any atom is -0.385 e. The van der Waals surface area contributed by atoms with Crippen molar-refractivity contribution in [1.29, 1.82) is 0 Å². The first-order chi connectivity index (χ1) is 13.1. The van der Waals surface area contributed by atoms with Crippen molar-refractivity contribution >= 4 is 17.3 Å². The van der Waals surface area contributed by atoms with Crippen molar-refractivity contribution in [3.63, 3.8) is 0 Å². The normalized spacial score (nSPS) is 16.3. The van der Waals surface area contributed by atoms with Crippen LogP contribution in [0.5, 0.6) is 0 Å². The van der Waals surface area contributed by atoms with Gasteiger partial charge in [0.15, 0.2) is 5.96 Å². The molecule has 0 spiro atoms. The lowest BCUT2D eigenvalue weighted by molar-refractivity contribution is 0.00990. The molecule has 7 heteroatoms. The summed E-state index contributed by atoms with van der Waals surface area (Å²) in [6, 6.07) is 0. The van der Waals surface area contributed by atoms with E-state index in [9.17, 15) is 0 Å². The Morgan fingerprint density at radius 1 is 1.37 bits per heavy atom. The second kappa shape index (κ2) is 12.3. The van der Waals surface area contributed by atoms with Crippen molar-refractivity contribution in [2.24, 2.45) is 10.9 Å². The molecule has 1 saturated heterocycles. The smallest absolute Gasteiger partial charge is 0.194 e. The van der Waals surface area contributed by atoms with Gasteiger partial charge in [-0.3, -0.25) is 0 Å². The Kier molecular flexibility index (Phi) is 10.1. The van der Waals surface area contributed by atoms with Gasteiger partial charge in [-0.2, -0.15) is 0 Å². The number of aromatic nitrogens is 1. The Bertz CT molecular complexity index is 554. The van der Waals surface area contributed by atoms with Gasteiger partial charge in [0.25, 0.3) is 0 Å². The number of hydrogen-bond acceptors (Lipinski definition) is 5. The standard InChI is InChI=1S/C20H36N4O2S/c1-5-21-20(23-15-18-14-22-19(27-18)13-16(2)3)24-9-7-17(8-10-24)26-12-6-11-25-4/h14,16-17H,5-13,15H2,1-4H3,(H,21,23). The molecule has 1 aliphatic heterocycles. The molecule has 27 heavy (non-hydrogen) atoms. The van der Waals surface area contributed by atoms with Gasteiger partial charge in [-0.1, -0.05) is 13.8 Å². The van der Waals surface area contributed by atoms with Crippen LogP contribution in [0.4, 0.5) is 0 Å². The first kappa shape index (κ1) is 22.1. The van der Waals surface area contributed by atoms with Gasteiger partial charge in [-0.05, 0) is 32.1 Å². The number of hydrogen-bond donors (Lipinski definition) is 1. The zero-order valence-corrected chi connectivity index (χ0v) is 18.2. The molecule has 0 bridgehead atoms. The van der Waals surface area contributed by atoms with Crippen LogP contribution < -0.4 is 5.32 Å². The minimum absolute atomic E-state index is 0.362. The summed E-state index contributed by atoms with van der Waals surface area (Å²) in [6.45, 7) is 11.7. The summed E-state index contributed by atoms with van der Waals surface area (Å²) in [4.78, 5) is 13.0. The van der Waals surface area contributed by atoms with Crippen LogP contribution in [0.3, 0.4) is 0 Å². The first-order valence-electron chi connectivity index (χ1n) is 10.2. The van der Waals surface area contributed by atoms with Crippen LogP contribution in [0.1, 0.15) is 49.9 Å². The van der Waals surface area contributed by atoms with Crippen LogP contribution >= 0.6 is 11.3 Å². The molecular formula is C20H36N4O2S. The molecule has 6 nitrogen and oxygen atoms in total. The molecule has 0 aromatic carbocycles. The molecule has 0 atom stereocenters. The Morgan fingerprint density at radius 2 is 2.15 bits per heavy atom. The number of ether oxygens (including phenoxy) is 2. The van der Waals surface area contributed by atoms with E-state index in [4.69, 9.17) is 14.5 Å². The number of methoxy groups -OCH3 is 1. The molecule has 0 amide bonds. The maximum atomic E-state index is 5.96. The van der Waals surface area contributed by atoms with E-state index in [1.807, 2.05) is 6.20 Å². The highest BCUT2D eigenvalue weighted by molar-refractivity contribution is 7.11. The fraction of sp³-hybridized carbons (Fsp3) is 0.800. The second-order valence-corrected chi connectivity index (χ2v) is 8.59. The van der Waals surface area contributed by atoms with Gasteiger partial charge in [0.05, 0.1) is 17.7 Å². The van der Waals surface area contributed by atoms with Gasteiger partial charge in [0, 0.05) is 57.5 Å². The third-order valence-corrected chi connectivity index (χ3v) is 5.50. The molecule has 1 aromatic heterocycles. The van der Waals surface area contributed by atoms with E-state index in [0.29, 0.717) is 18.6 Å². The van der Waals surface area contributed by atoms with Crippen molar-refractivity contribution < 1.29 is 9.47 Å². The predicted molar refractivity (Wildman–Crippen MR) is 113 cm³/mol. The fourth-order valence-corrected chi connectivity index (χ4v) is 4.19. The van der Waals surface area contributed by atoms with Crippen LogP contribution in [-0.2, 0) is 22.4 Å². The zero-order chi connectivity index (χ0) is 19.5. The topological polar surface area (TPSA) is 59.0 Å². The van der Waals surface area contributed by atoms with Gasteiger partial charge in [-0.15, -0.1) is 11.3 Å². The number of thiazole rings is 1. The van der Waals surface area contributed by atoms with Gasteiger partial charge >= 0.3 is 0 Å². The summed E-state index contributed by atoms with van der Waals surface area (Å²) >= 11 is 1.79. The van der Waals surface area contributed by atoms with Crippen molar-refractivity contribution in [1.82, 2.24) is 15.2 Å². The van der Waals surface area contributed by atoms with Crippen molar-refractivity contribution in [2.45, 2.75) is 59.1 Å². The molecule has 0 unspecified atom stereocenters. The van der Waals surface area contributed by atoms with Crippen LogP contribution in [0.25, 0.3) is 0 Å². The molecule has 154 valence electrons. The first-order valence-corrected chi connectivity index (χ1v) is 11.0. The van der Waals surface area contributed by atoms with Gasteiger partial charge in [0.2, 0.25) is 0 Å². The van der Waals surface area contributed by atoms with Gasteiger partial charge in [0.1, 0.15) is 0 Å². The van der Waals surface area contributed by atoms with Crippen molar-refractivity contribution in [2.75, 3.05) is 40.0 Å². The van der Waals surface area contributed by atoms with Crippen molar-refractivity contribution in [3.8, 4) is 0 Å². The van der Waals surface area contributed by atoms with Crippen LogP contribution in [0, 0.1) is 5.92 Å². The molecule has 2 rings (SSSR count). The Hall–Kier alpha value is -1.18. The number of nitrogens with zero attached hydrogens (tertiary/aromatic N) is 3. The van der Waals surface area contributed by atoms with E-state index >= 15 is 0 Å². The summed E-state index contributed by atoms with van der Waals surface area (Å²) in [5, 5.41) is 4.65. The molecule has 1 aliphatic rings. The largest absolute Gasteiger partial charge is 0.385 e. The average Bonchev–Trinajstić information content (AvgIpc) is 3.09. The van der Waals surface area contributed by atoms with E-state index in [1.165, 1.54) is 9.88 Å². The average molecular weight is 397 g/mol. The highest BCUT2D eigenvalue weighted by Gasteiger charge is 2.21. The maximum absolute atomic E-state index is 5.96. The second-order valence-electron chi connectivity index (χ2n) is 7.39. The van der Waals surface area contributed by atoms with Crippen LogP contribution in [-0.4, -0.2) is 61.9 Å². The highest BCUT2D eigenvalue weighted by Crippen LogP contribution is 2.18. The molecule has 1 aromatic rings. The molecule has 1 N–H and O–H groups in total. The van der Waals surface area contributed by atoms with Crippen molar-refractivity contribution in [3.05, 3.63) is 16.1 Å². The quantitative estimate of drug-likeness (QED) is 0.373. The summed E-state index contributed by atoms with van der Waals surface area (Å²) in [5.41, 5.74) is 0. The lowest BCUT2D eigenvalue weighted by Crippen LogP contribution is -2.47.